The van der Waals surface area contributed by atoms with E-state index >= 15 is 4.39 Å². The van der Waals surface area contributed by atoms with Crippen molar-refractivity contribution in [2.45, 2.75) is 45.7 Å². The summed E-state index contributed by atoms with van der Waals surface area (Å²) in [6.07, 6.45) is 1.71. The van der Waals surface area contributed by atoms with E-state index < -0.39 is 17.1 Å². The van der Waals surface area contributed by atoms with Crippen molar-refractivity contribution in [3.63, 3.8) is 0 Å². The summed E-state index contributed by atoms with van der Waals surface area (Å²) in [5.41, 5.74) is 6.47. The van der Waals surface area contributed by atoms with Gasteiger partial charge in [0.2, 0.25) is 0 Å². The molecule has 3 atom stereocenters. The van der Waals surface area contributed by atoms with Crippen molar-refractivity contribution >= 4 is 16.6 Å². The number of aromatic nitrogens is 2. The lowest BCUT2D eigenvalue weighted by atomic mass is 9.92. The molecule has 2 fully saturated rings. The second-order valence-corrected chi connectivity index (χ2v) is 8.19. The molecule has 0 spiro atoms. The maximum atomic E-state index is 15.1. The van der Waals surface area contributed by atoms with E-state index in [9.17, 15) is 9.59 Å². The third kappa shape index (κ3) is 2.65. The first-order chi connectivity index (χ1) is 12.7. The van der Waals surface area contributed by atoms with Crippen molar-refractivity contribution in [1.29, 1.82) is 0 Å². The summed E-state index contributed by atoms with van der Waals surface area (Å²) in [6.45, 7) is 7.22. The largest absolute Gasteiger partial charge is 0.368 e. The van der Waals surface area contributed by atoms with Crippen LogP contribution in [0, 0.1) is 24.6 Å². The molecule has 146 valence electrons. The van der Waals surface area contributed by atoms with Crippen LogP contribution in [0.5, 0.6) is 0 Å². The summed E-state index contributed by atoms with van der Waals surface area (Å²) in [6, 6.07) is 1.26. The number of fused-ring (bicyclic) bond motifs is 1. The second-order valence-electron chi connectivity index (χ2n) is 8.19. The molecule has 2 aliphatic rings. The zero-order valence-electron chi connectivity index (χ0n) is 15.9. The molecule has 7 nitrogen and oxygen atoms in total. The monoisotopic (exact) mass is 375 g/mol. The third-order valence-corrected chi connectivity index (χ3v) is 6.14. The number of hydrogen-bond donors (Lipinski definition) is 2. The van der Waals surface area contributed by atoms with Crippen LogP contribution in [0.3, 0.4) is 0 Å². The highest BCUT2D eigenvalue weighted by atomic mass is 19.1. The lowest BCUT2D eigenvalue weighted by molar-refractivity contribution is 0.390. The van der Waals surface area contributed by atoms with E-state index in [1.165, 1.54) is 6.07 Å². The van der Waals surface area contributed by atoms with Gasteiger partial charge in [0.05, 0.1) is 16.6 Å². The van der Waals surface area contributed by atoms with Crippen molar-refractivity contribution in [3.8, 4) is 0 Å². The van der Waals surface area contributed by atoms with Crippen LogP contribution < -0.4 is 27.7 Å². The van der Waals surface area contributed by atoms with E-state index in [0.29, 0.717) is 40.5 Å². The Kier molecular flexibility index (Phi) is 4.06. The molecule has 1 aromatic heterocycles. The maximum Gasteiger partial charge on any atom is 0.350 e. The highest BCUT2D eigenvalue weighted by Crippen LogP contribution is 2.40. The molecular weight excluding hydrogens is 349 g/mol. The fourth-order valence-electron chi connectivity index (χ4n) is 4.58. The first-order valence-electron chi connectivity index (χ1n) is 9.48. The Hall–Kier alpha value is -2.35. The Bertz CT molecular complexity index is 1040. The topological polar surface area (TPSA) is 99.3 Å². The smallest absolute Gasteiger partial charge is 0.350 e. The van der Waals surface area contributed by atoms with Crippen molar-refractivity contribution in [3.05, 3.63) is 38.3 Å². The number of nitrogens with two attached hydrogens (primary N) is 2. The summed E-state index contributed by atoms with van der Waals surface area (Å²) in [7, 11) is 0. The van der Waals surface area contributed by atoms with Crippen LogP contribution in [-0.4, -0.2) is 28.4 Å². The van der Waals surface area contributed by atoms with Crippen LogP contribution >= 0.6 is 0 Å². The van der Waals surface area contributed by atoms with Gasteiger partial charge >= 0.3 is 5.69 Å². The van der Waals surface area contributed by atoms with E-state index in [-0.39, 0.29) is 23.4 Å². The van der Waals surface area contributed by atoms with Gasteiger partial charge in [0, 0.05) is 30.7 Å². The minimum Gasteiger partial charge on any atom is -0.368 e. The number of nitrogen functional groups attached to an aromatic ring is 1. The number of benzene rings is 1. The average molecular weight is 375 g/mol. The molecule has 3 unspecified atom stereocenters. The van der Waals surface area contributed by atoms with Gasteiger partial charge < -0.3 is 16.5 Å². The molecule has 2 heterocycles. The molecule has 4 N–H and O–H groups in total. The number of halogens is 1. The predicted molar refractivity (Wildman–Crippen MR) is 104 cm³/mol. The Morgan fingerprint density at radius 3 is 2.48 bits per heavy atom. The van der Waals surface area contributed by atoms with Crippen LogP contribution in [0.4, 0.5) is 10.1 Å². The maximum absolute atomic E-state index is 15.1. The zero-order valence-corrected chi connectivity index (χ0v) is 15.9. The number of anilines is 1. The summed E-state index contributed by atoms with van der Waals surface area (Å²) >= 11 is 0. The molecular formula is C19H26FN5O2. The van der Waals surface area contributed by atoms with Crippen LogP contribution in [0.2, 0.25) is 0 Å². The van der Waals surface area contributed by atoms with E-state index in [1.54, 1.807) is 11.5 Å². The lowest BCUT2D eigenvalue weighted by Gasteiger charge is -2.24. The Morgan fingerprint density at radius 1 is 1.26 bits per heavy atom. The highest BCUT2D eigenvalue weighted by Gasteiger charge is 2.35. The Labute approximate surface area is 156 Å². The quantitative estimate of drug-likeness (QED) is 0.782. The first-order valence-corrected chi connectivity index (χ1v) is 9.48. The first kappa shape index (κ1) is 18.0. The molecule has 4 rings (SSSR count). The Balaban J connectivity index is 1.97. The number of nitrogens with zero attached hydrogens (tertiary/aromatic N) is 3. The molecule has 0 amide bonds. The average Bonchev–Trinajstić information content (AvgIpc) is 3.36. The molecule has 1 saturated heterocycles. The minimum absolute atomic E-state index is 0.0155. The molecule has 1 aliphatic heterocycles. The van der Waals surface area contributed by atoms with Crippen LogP contribution in [-0.2, 0) is 0 Å². The molecule has 0 bridgehead atoms. The van der Waals surface area contributed by atoms with E-state index in [4.69, 9.17) is 11.6 Å². The van der Waals surface area contributed by atoms with Crippen LogP contribution in [0.1, 0.15) is 38.3 Å². The number of hydrogen-bond acceptors (Lipinski definition) is 5. The van der Waals surface area contributed by atoms with E-state index in [0.717, 1.165) is 12.8 Å². The molecule has 1 aromatic carbocycles. The SMILES string of the molecule is Cc1c(N2CC(C)C(C(C)N)C2)c(F)cc2c(=O)n(N)c(=O)n(C3CC3)c12. The normalized spacial score (nSPS) is 24.0. The van der Waals surface area contributed by atoms with E-state index in [1.807, 2.05) is 11.8 Å². The van der Waals surface area contributed by atoms with E-state index in [2.05, 4.69) is 6.92 Å². The molecule has 8 heteroatoms. The summed E-state index contributed by atoms with van der Waals surface area (Å²) in [4.78, 5) is 27.1. The molecule has 27 heavy (non-hydrogen) atoms. The molecule has 0 radical (unpaired) electrons. The van der Waals surface area contributed by atoms with Crippen LogP contribution in [0.15, 0.2) is 15.7 Å². The van der Waals surface area contributed by atoms with Gasteiger partial charge in [0.15, 0.2) is 0 Å². The minimum atomic E-state index is -0.663. The molecule has 1 saturated carbocycles. The van der Waals surface area contributed by atoms with Crippen LogP contribution in [0.25, 0.3) is 10.9 Å². The van der Waals surface area contributed by atoms with Gasteiger partial charge in [-0.15, -0.1) is 0 Å². The van der Waals surface area contributed by atoms with Gasteiger partial charge in [-0.1, -0.05) is 6.92 Å². The summed E-state index contributed by atoms with van der Waals surface area (Å²) in [5, 5.41) is 0.152. The fraction of sp³-hybridized carbons (Fsp3) is 0.579. The second kappa shape index (κ2) is 6.09. The van der Waals surface area contributed by atoms with Gasteiger partial charge in [0.25, 0.3) is 5.56 Å². The number of rotatable bonds is 3. The van der Waals surface area contributed by atoms with Gasteiger partial charge in [-0.2, -0.15) is 4.68 Å². The lowest BCUT2D eigenvalue weighted by Crippen LogP contribution is -2.44. The summed E-state index contributed by atoms with van der Waals surface area (Å²) < 4.78 is 17.3. The number of aryl methyl sites for hydroxylation is 1. The van der Waals surface area contributed by atoms with Crippen molar-refractivity contribution in [2.75, 3.05) is 23.8 Å². The fourth-order valence-corrected chi connectivity index (χ4v) is 4.58. The van der Waals surface area contributed by atoms with Crippen molar-refractivity contribution < 1.29 is 4.39 Å². The molecule has 1 aliphatic carbocycles. The molecule has 2 aromatic rings. The highest BCUT2D eigenvalue weighted by molar-refractivity contribution is 5.87. The van der Waals surface area contributed by atoms with Gasteiger partial charge in [-0.3, -0.25) is 9.36 Å². The Morgan fingerprint density at radius 2 is 1.93 bits per heavy atom. The van der Waals surface area contributed by atoms with Crippen molar-refractivity contribution in [2.24, 2.45) is 17.6 Å². The summed E-state index contributed by atoms with van der Waals surface area (Å²) in [5.74, 6) is 5.81. The standard InChI is InChI=1S/C19H26FN5O2/c1-9-7-23(8-14(9)11(3)21)17-10(2)16-13(6-15(17)20)18(26)25(22)19(27)24(16)12-4-5-12/h6,9,11-12,14H,4-5,7-8,21-22H2,1-3H3. The predicted octanol–water partition coefficient (Wildman–Crippen LogP) is 1.08. The zero-order chi connectivity index (χ0) is 19.6. The van der Waals surface area contributed by atoms with Crippen molar-refractivity contribution in [1.82, 2.24) is 9.24 Å². The third-order valence-electron chi connectivity index (χ3n) is 6.14. The van der Waals surface area contributed by atoms with Gasteiger partial charge in [0.1, 0.15) is 5.82 Å². The van der Waals surface area contributed by atoms with Gasteiger partial charge in [-0.25, -0.2) is 9.18 Å². The van der Waals surface area contributed by atoms with Gasteiger partial charge in [-0.05, 0) is 44.6 Å².